The molecule has 0 radical (unpaired) electrons. The number of likely N-dealkylation sites (N-methyl/N-ethyl adjacent to an activating group) is 1. The first kappa shape index (κ1) is 29.5. The molecule has 0 saturated heterocycles. The lowest BCUT2D eigenvalue weighted by Gasteiger charge is -2.23. The maximum Gasteiger partial charge on any atom is 0.300 e. The second kappa shape index (κ2) is 12.2. The van der Waals surface area contributed by atoms with Crippen LogP contribution in [0.15, 0.2) is 54.6 Å². The second-order valence-corrected chi connectivity index (χ2v) is 8.73. The van der Waals surface area contributed by atoms with Crippen LogP contribution in [0.25, 0.3) is 0 Å². The van der Waals surface area contributed by atoms with Gasteiger partial charge in [0.25, 0.3) is 23.2 Å². The fraction of sp³-hybridized carbons (Fsp3) is 0.154. The molecule has 0 spiro atoms. The fourth-order valence-electron chi connectivity index (χ4n) is 3.87. The lowest BCUT2D eigenvalue weighted by molar-refractivity contribution is -0.393. The molecule has 3 aromatic carbocycles. The minimum absolute atomic E-state index is 0.206. The van der Waals surface area contributed by atoms with Gasteiger partial charge in [-0.1, -0.05) is 12.1 Å². The Kier molecular flexibility index (Phi) is 8.79. The molecule has 0 saturated carbocycles. The van der Waals surface area contributed by atoms with Crippen molar-refractivity contribution in [2.24, 2.45) is 0 Å². The standard InChI is InChI=1S/C19H20N4O3.C7H4N4O4/c1-12(24)21-17-11-13(7-8-16(17)20)22(2)9-10-23-18(25)14-5-3-4-6-15(14)19(23)26;8-3-4-1-5(10(12)13)2-6(7(4)9)11(14)15/h3-8,11H,9-10,20H2,1-2H3,(H,21,24);1-2H,9H2. The van der Waals surface area contributed by atoms with Gasteiger partial charge in [-0.15, -0.1) is 0 Å². The molecule has 210 valence electrons. The van der Waals surface area contributed by atoms with Gasteiger partial charge in [-0.2, -0.15) is 5.26 Å². The van der Waals surface area contributed by atoms with Crippen molar-refractivity contribution in [2.75, 3.05) is 41.8 Å². The Morgan fingerprint density at radius 1 is 1.02 bits per heavy atom. The molecule has 0 fully saturated rings. The molecule has 1 heterocycles. The third kappa shape index (κ3) is 6.52. The van der Waals surface area contributed by atoms with Gasteiger partial charge in [0.15, 0.2) is 0 Å². The van der Waals surface area contributed by atoms with E-state index >= 15 is 0 Å². The summed E-state index contributed by atoms with van der Waals surface area (Å²) in [5, 5.41) is 32.1. The zero-order valence-electron chi connectivity index (χ0n) is 21.9. The van der Waals surface area contributed by atoms with Gasteiger partial charge in [-0.25, -0.2) is 0 Å². The summed E-state index contributed by atoms with van der Waals surface area (Å²) in [5.41, 5.74) is 12.0. The van der Waals surface area contributed by atoms with Gasteiger partial charge in [0.1, 0.15) is 11.8 Å². The van der Waals surface area contributed by atoms with Crippen LogP contribution in [-0.2, 0) is 4.79 Å². The van der Waals surface area contributed by atoms with Crippen LogP contribution in [0.1, 0.15) is 33.2 Å². The Balaban J connectivity index is 0.000000263. The normalized spacial score (nSPS) is 11.6. The average molecular weight is 561 g/mol. The zero-order chi connectivity index (χ0) is 30.4. The van der Waals surface area contributed by atoms with Crippen LogP contribution < -0.4 is 21.7 Å². The topological polar surface area (TPSA) is 232 Å². The van der Waals surface area contributed by atoms with Gasteiger partial charge in [0.05, 0.1) is 44.0 Å². The smallest absolute Gasteiger partial charge is 0.300 e. The number of benzene rings is 3. The van der Waals surface area contributed by atoms with E-state index in [2.05, 4.69) is 5.32 Å². The third-order valence-electron chi connectivity index (χ3n) is 6.00. The number of fused-ring (bicyclic) bond motifs is 1. The minimum atomic E-state index is -0.872. The number of hydrogen-bond acceptors (Lipinski definition) is 11. The molecule has 0 aromatic heterocycles. The van der Waals surface area contributed by atoms with Crippen LogP contribution in [0.5, 0.6) is 0 Å². The van der Waals surface area contributed by atoms with Crippen molar-refractivity contribution in [3.8, 4) is 6.07 Å². The predicted octanol–water partition coefficient (Wildman–Crippen LogP) is 2.92. The highest BCUT2D eigenvalue weighted by molar-refractivity contribution is 6.21. The molecule has 3 aromatic rings. The maximum atomic E-state index is 12.4. The van der Waals surface area contributed by atoms with Crippen LogP contribution in [-0.4, -0.2) is 52.6 Å². The van der Waals surface area contributed by atoms with E-state index in [-0.39, 0.29) is 35.5 Å². The SMILES string of the molecule is CC(=O)Nc1cc(N(C)CCN2C(=O)c3ccccc3C2=O)ccc1N.N#Cc1cc([N+](=O)[O-])cc([N+](=O)[O-])c1N. The van der Waals surface area contributed by atoms with Crippen molar-refractivity contribution >= 4 is 51.8 Å². The molecule has 15 nitrogen and oxygen atoms in total. The molecule has 1 aliphatic rings. The average Bonchev–Trinajstić information content (AvgIpc) is 3.17. The summed E-state index contributed by atoms with van der Waals surface area (Å²) < 4.78 is 0. The minimum Gasteiger partial charge on any atom is -0.397 e. The summed E-state index contributed by atoms with van der Waals surface area (Å²) in [5.74, 6) is -0.743. The Morgan fingerprint density at radius 2 is 1.63 bits per heavy atom. The molecular formula is C26H24N8O7. The van der Waals surface area contributed by atoms with E-state index in [4.69, 9.17) is 16.7 Å². The molecule has 0 unspecified atom stereocenters. The summed E-state index contributed by atoms with van der Waals surface area (Å²) in [6.07, 6.45) is 0. The van der Waals surface area contributed by atoms with Gasteiger partial charge in [0.2, 0.25) is 5.91 Å². The first-order valence-corrected chi connectivity index (χ1v) is 11.8. The molecular weight excluding hydrogens is 536 g/mol. The lowest BCUT2D eigenvalue weighted by Crippen LogP contribution is -2.37. The number of nitrogens with one attached hydrogen (secondary N) is 1. The number of nitro benzene ring substituents is 2. The predicted molar refractivity (Wildman–Crippen MR) is 149 cm³/mol. The van der Waals surface area contributed by atoms with Gasteiger partial charge >= 0.3 is 0 Å². The first-order valence-electron chi connectivity index (χ1n) is 11.8. The van der Waals surface area contributed by atoms with Crippen molar-refractivity contribution < 1.29 is 24.2 Å². The van der Waals surface area contributed by atoms with Crippen LogP contribution in [0.2, 0.25) is 0 Å². The van der Waals surface area contributed by atoms with Crippen LogP contribution in [0, 0.1) is 31.6 Å². The Hall–Kier alpha value is -6.04. The molecule has 0 aliphatic carbocycles. The van der Waals surface area contributed by atoms with E-state index in [9.17, 15) is 34.6 Å². The van der Waals surface area contributed by atoms with Crippen LogP contribution in [0.3, 0.4) is 0 Å². The van der Waals surface area contributed by atoms with Gasteiger partial charge < -0.3 is 21.7 Å². The first-order chi connectivity index (χ1) is 19.3. The monoisotopic (exact) mass is 560 g/mol. The van der Waals surface area contributed by atoms with E-state index in [0.717, 1.165) is 17.8 Å². The highest BCUT2D eigenvalue weighted by Gasteiger charge is 2.34. The number of anilines is 4. The number of nitriles is 1. The summed E-state index contributed by atoms with van der Waals surface area (Å²) in [4.78, 5) is 58.4. The molecule has 15 heteroatoms. The molecule has 4 rings (SSSR count). The van der Waals surface area contributed by atoms with Crippen molar-refractivity contribution in [2.45, 2.75) is 6.92 Å². The highest BCUT2D eigenvalue weighted by atomic mass is 16.6. The number of amides is 3. The second-order valence-electron chi connectivity index (χ2n) is 8.73. The summed E-state index contributed by atoms with van der Waals surface area (Å²) in [6.45, 7) is 2.13. The fourth-order valence-corrected chi connectivity index (χ4v) is 3.87. The van der Waals surface area contributed by atoms with Crippen LogP contribution >= 0.6 is 0 Å². The van der Waals surface area contributed by atoms with Crippen LogP contribution in [0.4, 0.5) is 34.1 Å². The molecule has 1 aliphatic heterocycles. The van der Waals surface area contributed by atoms with Gasteiger partial charge in [-0.05, 0) is 30.3 Å². The van der Waals surface area contributed by atoms with E-state index in [1.165, 1.54) is 11.8 Å². The number of non-ortho nitro benzene ring substituents is 1. The van der Waals surface area contributed by atoms with E-state index < -0.39 is 21.2 Å². The number of nitrogen functional groups attached to an aromatic ring is 2. The molecule has 3 amide bonds. The number of nitrogens with two attached hydrogens (primary N) is 2. The summed E-state index contributed by atoms with van der Waals surface area (Å²) in [7, 11) is 1.85. The zero-order valence-corrected chi connectivity index (χ0v) is 21.9. The number of rotatable bonds is 7. The number of carbonyl (C=O) groups is 3. The summed E-state index contributed by atoms with van der Waals surface area (Å²) >= 11 is 0. The Labute approximate surface area is 232 Å². The van der Waals surface area contributed by atoms with Crippen molar-refractivity contribution in [1.82, 2.24) is 4.90 Å². The van der Waals surface area contributed by atoms with Crippen molar-refractivity contribution in [3.05, 3.63) is 91.5 Å². The van der Waals surface area contributed by atoms with Gasteiger partial charge in [0, 0.05) is 38.8 Å². The lowest BCUT2D eigenvalue weighted by atomic mass is 10.1. The number of hydrogen-bond donors (Lipinski definition) is 3. The molecule has 5 N–H and O–H groups in total. The van der Waals surface area contributed by atoms with Gasteiger partial charge in [-0.3, -0.25) is 39.5 Å². The molecule has 0 atom stereocenters. The molecule has 41 heavy (non-hydrogen) atoms. The van der Waals surface area contributed by atoms with E-state index in [1.807, 2.05) is 18.0 Å². The maximum absolute atomic E-state index is 12.4. The summed E-state index contributed by atoms with van der Waals surface area (Å²) in [6, 6.07) is 15.3. The quantitative estimate of drug-likeness (QED) is 0.164. The molecule has 0 bridgehead atoms. The number of imide groups is 1. The third-order valence-corrected chi connectivity index (χ3v) is 6.00. The number of nitro groups is 2. The van der Waals surface area contributed by atoms with E-state index in [1.54, 1.807) is 42.5 Å². The van der Waals surface area contributed by atoms with Crippen molar-refractivity contribution in [1.29, 1.82) is 5.26 Å². The highest BCUT2D eigenvalue weighted by Crippen LogP contribution is 2.30. The largest absolute Gasteiger partial charge is 0.397 e. The number of nitrogens with zero attached hydrogens (tertiary/aromatic N) is 5. The van der Waals surface area contributed by atoms with E-state index in [0.29, 0.717) is 29.0 Å². The van der Waals surface area contributed by atoms with Crippen molar-refractivity contribution in [3.63, 3.8) is 0 Å². The Morgan fingerprint density at radius 3 is 2.15 bits per heavy atom. The number of carbonyl (C=O) groups excluding carboxylic acids is 3. The Bertz CT molecular complexity index is 1580.